The topological polar surface area (TPSA) is 126 Å². The largest absolute Gasteiger partial charge is 0.504 e. The summed E-state index contributed by atoms with van der Waals surface area (Å²) < 4.78 is 25.5. The molecule has 0 aliphatic carbocycles. The maximum atomic E-state index is 12.7. The Hall–Kier alpha value is -2.56. The van der Waals surface area contributed by atoms with Crippen molar-refractivity contribution in [1.29, 1.82) is 0 Å². The Morgan fingerprint density at radius 2 is 1.96 bits per heavy atom. The zero-order chi connectivity index (χ0) is 18.0. The van der Waals surface area contributed by atoms with Gasteiger partial charge in [-0.05, 0) is 40.9 Å². The fourth-order valence-electron chi connectivity index (χ4n) is 1.95. The van der Waals surface area contributed by atoms with Crippen molar-refractivity contribution < 1.29 is 18.3 Å². The fourth-order valence-corrected chi connectivity index (χ4v) is 4.68. The Bertz CT molecular complexity index is 1040. The van der Waals surface area contributed by atoms with Gasteiger partial charge in [-0.25, -0.2) is 8.42 Å². The first-order valence-corrected chi connectivity index (χ1v) is 9.40. The Balaban J connectivity index is 1.99. The summed E-state index contributed by atoms with van der Waals surface area (Å²) in [5.74, 6) is -1.39. The van der Waals surface area contributed by atoms with Gasteiger partial charge in [-0.1, -0.05) is 11.6 Å². The van der Waals surface area contributed by atoms with E-state index in [0.29, 0.717) is 5.02 Å². The Morgan fingerprint density at radius 1 is 1.24 bits per heavy atom. The molecule has 1 aromatic carbocycles. The standard InChI is InChI=1S/C14H9ClN4O4S2/c15-8-1-3-9(4-2-8)25(22,23)12-5-6-24-13(12)10(20)7-11(21)14-16-18-19-17-14/h1-7,21H,(H,16,17,18,19). The summed E-state index contributed by atoms with van der Waals surface area (Å²) in [5.41, 5.74) is 0. The van der Waals surface area contributed by atoms with E-state index in [2.05, 4.69) is 20.6 Å². The number of hydrogen-bond donors (Lipinski definition) is 2. The molecule has 0 saturated heterocycles. The lowest BCUT2D eigenvalue weighted by atomic mass is 10.2. The highest BCUT2D eigenvalue weighted by atomic mass is 35.5. The molecule has 25 heavy (non-hydrogen) atoms. The normalized spacial score (nSPS) is 12.3. The number of halogens is 1. The van der Waals surface area contributed by atoms with Crippen LogP contribution in [0.3, 0.4) is 0 Å². The van der Waals surface area contributed by atoms with E-state index in [1.54, 1.807) is 0 Å². The average Bonchev–Trinajstić information content (AvgIpc) is 3.27. The number of aliphatic hydroxyl groups excluding tert-OH is 1. The average molecular weight is 397 g/mol. The van der Waals surface area contributed by atoms with E-state index in [0.717, 1.165) is 17.4 Å². The quantitative estimate of drug-likeness (QED) is 0.385. The van der Waals surface area contributed by atoms with Crippen LogP contribution in [0.5, 0.6) is 0 Å². The number of benzene rings is 1. The van der Waals surface area contributed by atoms with Crippen LogP contribution in [0.1, 0.15) is 15.5 Å². The molecule has 2 N–H and O–H groups in total. The van der Waals surface area contributed by atoms with Gasteiger partial charge in [0.15, 0.2) is 5.76 Å². The van der Waals surface area contributed by atoms with Gasteiger partial charge in [0.05, 0.1) is 14.7 Å². The molecule has 0 aliphatic rings. The molecule has 3 aromatic rings. The van der Waals surface area contributed by atoms with E-state index < -0.39 is 21.4 Å². The van der Waals surface area contributed by atoms with Gasteiger partial charge in [-0.2, -0.15) is 5.21 Å². The molecule has 0 spiro atoms. The van der Waals surface area contributed by atoms with Crippen LogP contribution < -0.4 is 0 Å². The number of thiophene rings is 1. The van der Waals surface area contributed by atoms with Crippen molar-refractivity contribution >= 4 is 44.3 Å². The molecule has 0 aliphatic heterocycles. The van der Waals surface area contributed by atoms with Crippen LogP contribution in [0.15, 0.2) is 51.6 Å². The van der Waals surface area contributed by atoms with Gasteiger partial charge in [0.25, 0.3) is 0 Å². The maximum absolute atomic E-state index is 12.7. The lowest BCUT2D eigenvalue weighted by molar-refractivity contribution is 0.104. The number of aromatic nitrogens is 4. The van der Waals surface area contributed by atoms with E-state index in [1.807, 2.05) is 0 Å². The zero-order valence-corrected chi connectivity index (χ0v) is 14.6. The number of allylic oxidation sites excluding steroid dienone is 1. The third-order valence-electron chi connectivity index (χ3n) is 3.11. The van der Waals surface area contributed by atoms with Crippen LogP contribution in [0, 0.1) is 0 Å². The van der Waals surface area contributed by atoms with Crippen molar-refractivity contribution in [2.45, 2.75) is 9.79 Å². The molecule has 0 bridgehead atoms. The van der Waals surface area contributed by atoms with Crippen LogP contribution in [0.2, 0.25) is 5.02 Å². The molecule has 2 heterocycles. The third-order valence-corrected chi connectivity index (χ3v) is 6.23. The number of carbonyl (C=O) groups excluding carboxylic acids is 1. The monoisotopic (exact) mass is 396 g/mol. The first kappa shape index (κ1) is 17.3. The zero-order valence-electron chi connectivity index (χ0n) is 12.2. The molecule has 0 saturated carbocycles. The van der Waals surface area contributed by atoms with Crippen LogP contribution in [0.25, 0.3) is 5.76 Å². The molecule has 0 radical (unpaired) electrons. The highest BCUT2D eigenvalue weighted by Crippen LogP contribution is 2.29. The van der Waals surface area contributed by atoms with E-state index in [4.69, 9.17) is 11.6 Å². The number of hydrogen-bond acceptors (Lipinski definition) is 8. The molecule has 11 heteroatoms. The van der Waals surface area contributed by atoms with Crippen LogP contribution >= 0.6 is 22.9 Å². The molecular weight excluding hydrogens is 388 g/mol. The number of carbonyl (C=O) groups is 1. The lowest BCUT2D eigenvalue weighted by Gasteiger charge is -2.05. The first-order chi connectivity index (χ1) is 11.9. The predicted molar refractivity (Wildman–Crippen MR) is 90.3 cm³/mol. The summed E-state index contributed by atoms with van der Waals surface area (Å²) in [4.78, 5) is 12.2. The van der Waals surface area contributed by atoms with Crippen molar-refractivity contribution in [3.8, 4) is 0 Å². The minimum Gasteiger partial charge on any atom is -0.504 e. The number of nitrogens with one attached hydrogen (secondary N) is 1. The van der Waals surface area contributed by atoms with Gasteiger partial charge in [0.2, 0.25) is 21.4 Å². The molecule has 128 valence electrons. The van der Waals surface area contributed by atoms with Gasteiger partial charge in [-0.3, -0.25) is 4.79 Å². The van der Waals surface area contributed by atoms with Gasteiger partial charge < -0.3 is 5.11 Å². The summed E-state index contributed by atoms with van der Waals surface area (Å²) in [5, 5.41) is 24.2. The van der Waals surface area contributed by atoms with Crippen LogP contribution in [-0.4, -0.2) is 39.9 Å². The smallest absolute Gasteiger partial charge is 0.239 e. The minimum atomic E-state index is -3.91. The summed E-state index contributed by atoms with van der Waals surface area (Å²) in [6.07, 6.45) is 0.845. The van der Waals surface area contributed by atoms with Crippen LogP contribution in [0.4, 0.5) is 0 Å². The number of aromatic amines is 1. The number of tetrazole rings is 1. The van der Waals surface area contributed by atoms with Gasteiger partial charge in [-0.15, -0.1) is 21.5 Å². The number of sulfone groups is 1. The summed E-state index contributed by atoms with van der Waals surface area (Å²) in [6.45, 7) is 0. The second-order valence-corrected chi connectivity index (χ2v) is 7.97. The minimum absolute atomic E-state index is 0.00993. The fraction of sp³-hybridized carbons (Fsp3) is 0. The van der Waals surface area contributed by atoms with Gasteiger partial charge >= 0.3 is 0 Å². The van der Waals surface area contributed by atoms with Crippen molar-refractivity contribution in [3.63, 3.8) is 0 Å². The number of nitrogens with zero attached hydrogens (tertiary/aromatic N) is 3. The third kappa shape index (κ3) is 3.45. The lowest BCUT2D eigenvalue weighted by Crippen LogP contribution is -2.06. The molecule has 0 atom stereocenters. The first-order valence-electron chi connectivity index (χ1n) is 6.66. The van der Waals surface area contributed by atoms with Crippen molar-refractivity contribution in [2.75, 3.05) is 0 Å². The van der Waals surface area contributed by atoms with Crippen molar-refractivity contribution in [2.24, 2.45) is 0 Å². The van der Waals surface area contributed by atoms with E-state index >= 15 is 0 Å². The van der Waals surface area contributed by atoms with Crippen LogP contribution in [-0.2, 0) is 9.84 Å². The summed E-state index contributed by atoms with van der Waals surface area (Å²) >= 11 is 6.72. The van der Waals surface area contributed by atoms with E-state index in [-0.39, 0.29) is 20.5 Å². The van der Waals surface area contributed by atoms with Crippen molar-refractivity contribution in [1.82, 2.24) is 20.6 Å². The molecule has 0 fully saturated rings. The maximum Gasteiger partial charge on any atom is 0.239 e. The summed E-state index contributed by atoms with van der Waals surface area (Å²) in [6, 6.07) is 6.95. The molecule has 2 aromatic heterocycles. The molecule has 8 nitrogen and oxygen atoms in total. The van der Waals surface area contributed by atoms with Gasteiger partial charge in [0, 0.05) is 11.1 Å². The second-order valence-electron chi connectivity index (χ2n) is 4.70. The highest BCUT2D eigenvalue weighted by Gasteiger charge is 2.25. The van der Waals surface area contributed by atoms with Crippen molar-refractivity contribution in [3.05, 3.63) is 57.5 Å². The van der Waals surface area contributed by atoms with E-state index in [1.165, 1.54) is 35.7 Å². The Labute approximate surface area is 150 Å². The SMILES string of the molecule is O=C(C=C(O)c1nn[nH]n1)c1sccc1S(=O)(=O)c1ccc(Cl)cc1. The molecule has 3 rings (SSSR count). The Kier molecular flexibility index (Phi) is 4.66. The number of aliphatic hydroxyl groups is 1. The highest BCUT2D eigenvalue weighted by molar-refractivity contribution is 7.91. The Morgan fingerprint density at radius 3 is 2.60 bits per heavy atom. The van der Waals surface area contributed by atoms with E-state index in [9.17, 15) is 18.3 Å². The second kappa shape index (κ2) is 6.75. The number of ketones is 1. The number of H-pyrrole nitrogens is 1. The molecular formula is C14H9ClN4O4S2. The molecule has 0 amide bonds. The van der Waals surface area contributed by atoms with Gasteiger partial charge in [0.1, 0.15) is 0 Å². The number of rotatable bonds is 5. The predicted octanol–water partition coefficient (Wildman–Crippen LogP) is 2.53. The molecule has 0 unspecified atom stereocenters. The summed E-state index contributed by atoms with van der Waals surface area (Å²) in [7, 11) is -3.91.